The monoisotopic (exact) mass is 247 g/mol. The number of carbonyl (C=O) groups excluding carboxylic acids is 1. The van der Waals surface area contributed by atoms with Gasteiger partial charge in [0, 0.05) is 20.1 Å². The minimum atomic E-state index is -0.354. The molecule has 1 aromatic rings. The van der Waals surface area contributed by atoms with Crippen molar-refractivity contribution in [2.24, 2.45) is 0 Å². The molecule has 1 aromatic heterocycles. The number of likely N-dealkylation sites (N-methyl/N-ethyl adjacent to an activating group) is 1. The van der Waals surface area contributed by atoms with Crippen molar-refractivity contribution in [2.75, 3.05) is 20.1 Å². The van der Waals surface area contributed by atoms with Crippen LogP contribution in [0.4, 0.5) is 0 Å². The Morgan fingerprint density at radius 3 is 3.06 bits per heavy atom. The van der Waals surface area contributed by atoms with Gasteiger partial charge in [0.1, 0.15) is 11.8 Å². The highest BCUT2D eigenvalue weighted by molar-refractivity contribution is 5.82. The first-order chi connectivity index (χ1) is 8.72. The Kier molecular flexibility index (Phi) is 4.00. The van der Waals surface area contributed by atoms with Crippen LogP contribution in [-0.2, 0) is 11.3 Å². The lowest BCUT2D eigenvalue weighted by atomic mass is 10.1. The Morgan fingerprint density at radius 2 is 2.39 bits per heavy atom. The van der Waals surface area contributed by atoms with Crippen molar-refractivity contribution in [1.82, 2.24) is 9.80 Å². The van der Waals surface area contributed by atoms with Gasteiger partial charge < -0.3 is 9.32 Å². The maximum Gasteiger partial charge on any atom is 0.240 e. The minimum absolute atomic E-state index is 0.0283. The molecule has 0 N–H and O–H groups in total. The third-order valence-corrected chi connectivity index (χ3v) is 3.26. The van der Waals surface area contributed by atoms with Crippen LogP contribution in [0.25, 0.3) is 0 Å². The van der Waals surface area contributed by atoms with Crippen molar-refractivity contribution in [3.05, 3.63) is 24.2 Å². The second-order valence-corrected chi connectivity index (χ2v) is 4.54. The van der Waals surface area contributed by atoms with E-state index >= 15 is 0 Å². The topological polar surface area (TPSA) is 60.5 Å². The van der Waals surface area contributed by atoms with E-state index < -0.39 is 0 Å². The predicted octanol–water partition coefficient (Wildman–Crippen LogP) is 1.23. The molecule has 1 aliphatic heterocycles. The summed E-state index contributed by atoms with van der Waals surface area (Å²) in [5.41, 5.74) is 0. The van der Waals surface area contributed by atoms with Gasteiger partial charge in [-0.25, -0.2) is 0 Å². The lowest BCUT2D eigenvalue weighted by Gasteiger charge is -2.27. The lowest BCUT2D eigenvalue weighted by molar-refractivity contribution is -0.134. The van der Waals surface area contributed by atoms with Gasteiger partial charge in [-0.3, -0.25) is 9.69 Å². The highest BCUT2D eigenvalue weighted by Crippen LogP contribution is 2.17. The number of hydrogen-bond acceptors (Lipinski definition) is 4. The molecule has 1 atom stereocenters. The van der Waals surface area contributed by atoms with Crippen LogP contribution >= 0.6 is 0 Å². The van der Waals surface area contributed by atoms with Gasteiger partial charge in [0.2, 0.25) is 5.91 Å². The lowest BCUT2D eigenvalue weighted by Crippen LogP contribution is -2.44. The van der Waals surface area contributed by atoms with E-state index in [1.165, 1.54) is 0 Å². The maximum absolute atomic E-state index is 12.2. The fourth-order valence-electron chi connectivity index (χ4n) is 2.28. The number of rotatable bonds is 3. The van der Waals surface area contributed by atoms with Crippen LogP contribution in [0.5, 0.6) is 0 Å². The summed E-state index contributed by atoms with van der Waals surface area (Å²) in [6.07, 6.45) is 2.77. The normalized spacial score (nSPS) is 21.7. The largest absolute Gasteiger partial charge is 0.468 e. The fourth-order valence-corrected chi connectivity index (χ4v) is 2.28. The van der Waals surface area contributed by atoms with Crippen LogP contribution in [-0.4, -0.2) is 41.9 Å². The van der Waals surface area contributed by atoms with Gasteiger partial charge in [-0.2, -0.15) is 5.26 Å². The molecule has 1 fully saturated rings. The summed E-state index contributed by atoms with van der Waals surface area (Å²) in [7, 11) is 1.79. The van der Waals surface area contributed by atoms with E-state index in [1.54, 1.807) is 18.2 Å². The summed E-state index contributed by atoms with van der Waals surface area (Å²) >= 11 is 0. The molecule has 0 bridgehead atoms. The van der Waals surface area contributed by atoms with Gasteiger partial charge in [0.15, 0.2) is 0 Å². The number of carbonyl (C=O) groups is 1. The molecular formula is C13H17N3O2. The van der Waals surface area contributed by atoms with Crippen molar-refractivity contribution in [1.29, 1.82) is 5.26 Å². The molecule has 5 heteroatoms. The van der Waals surface area contributed by atoms with Crippen LogP contribution in [0.2, 0.25) is 0 Å². The van der Waals surface area contributed by atoms with Crippen molar-refractivity contribution in [3.63, 3.8) is 0 Å². The smallest absolute Gasteiger partial charge is 0.240 e. The number of nitrogens with zero attached hydrogens (tertiary/aromatic N) is 3. The molecular weight excluding hydrogens is 230 g/mol. The third kappa shape index (κ3) is 2.71. The Balaban J connectivity index is 2.14. The van der Waals surface area contributed by atoms with Crippen LogP contribution in [0, 0.1) is 11.3 Å². The van der Waals surface area contributed by atoms with Gasteiger partial charge in [0.25, 0.3) is 0 Å². The zero-order valence-electron chi connectivity index (χ0n) is 10.5. The first-order valence-electron chi connectivity index (χ1n) is 6.10. The molecule has 2 rings (SSSR count). The van der Waals surface area contributed by atoms with Gasteiger partial charge in [0.05, 0.1) is 25.3 Å². The zero-order valence-corrected chi connectivity index (χ0v) is 10.5. The SMILES string of the molecule is CN1CCCN(Cc2ccco2)C(CC#N)C1=O. The molecule has 2 heterocycles. The molecule has 1 aliphatic rings. The average molecular weight is 247 g/mol. The van der Waals surface area contributed by atoms with Crippen molar-refractivity contribution in [2.45, 2.75) is 25.4 Å². The van der Waals surface area contributed by atoms with E-state index in [0.717, 1.165) is 25.3 Å². The molecule has 0 radical (unpaired) electrons. The molecule has 1 unspecified atom stereocenters. The fraction of sp³-hybridized carbons (Fsp3) is 0.538. The van der Waals surface area contributed by atoms with Gasteiger partial charge >= 0.3 is 0 Å². The molecule has 96 valence electrons. The maximum atomic E-state index is 12.2. The molecule has 18 heavy (non-hydrogen) atoms. The number of nitriles is 1. The predicted molar refractivity (Wildman–Crippen MR) is 65.4 cm³/mol. The number of hydrogen-bond donors (Lipinski definition) is 0. The Bertz CT molecular complexity index is 436. The summed E-state index contributed by atoms with van der Waals surface area (Å²) in [4.78, 5) is 15.9. The summed E-state index contributed by atoms with van der Waals surface area (Å²) in [5.74, 6) is 0.857. The molecule has 1 saturated heterocycles. The molecule has 0 aliphatic carbocycles. The summed E-state index contributed by atoms with van der Waals surface area (Å²) in [6.45, 7) is 2.14. The van der Waals surface area contributed by atoms with E-state index in [0.29, 0.717) is 6.54 Å². The Hall–Kier alpha value is -1.80. The highest BCUT2D eigenvalue weighted by atomic mass is 16.3. The van der Waals surface area contributed by atoms with Crippen LogP contribution in [0.15, 0.2) is 22.8 Å². The summed E-state index contributed by atoms with van der Waals surface area (Å²) in [5, 5.41) is 8.89. The molecule has 0 aromatic carbocycles. The average Bonchev–Trinajstić information content (AvgIpc) is 2.82. The summed E-state index contributed by atoms with van der Waals surface area (Å²) < 4.78 is 5.32. The Morgan fingerprint density at radius 1 is 1.56 bits per heavy atom. The first kappa shape index (κ1) is 12.7. The zero-order chi connectivity index (χ0) is 13.0. The number of amides is 1. The van der Waals surface area contributed by atoms with Crippen molar-refractivity contribution >= 4 is 5.91 Å². The second kappa shape index (κ2) is 5.69. The van der Waals surface area contributed by atoms with Gasteiger partial charge in [-0.05, 0) is 18.6 Å². The van der Waals surface area contributed by atoms with E-state index in [-0.39, 0.29) is 18.4 Å². The quantitative estimate of drug-likeness (QED) is 0.806. The van der Waals surface area contributed by atoms with Crippen LogP contribution in [0.1, 0.15) is 18.6 Å². The molecule has 1 amide bonds. The Labute approximate surface area is 107 Å². The van der Waals surface area contributed by atoms with E-state index in [2.05, 4.69) is 6.07 Å². The van der Waals surface area contributed by atoms with E-state index in [9.17, 15) is 4.79 Å². The van der Waals surface area contributed by atoms with Crippen LogP contribution in [0.3, 0.4) is 0 Å². The van der Waals surface area contributed by atoms with Crippen molar-refractivity contribution < 1.29 is 9.21 Å². The minimum Gasteiger partial charge on any atom is -0.468 e. The molecule has 5 nitrogen and oxygen atoms in total. The molecule has 0 spiro atoms. The van der Waals surface area contributed by atoms with E-state index in [4.69, 9.17) is 9.68 Å². The summed E-state index contributed by atoms with van der Waals surface area (Å²) in [6, 6.07) is 5.48. The van der Waals surface area contributed by atoms with E-state index in [1.807, 2.05) is 17.0 Å². The van der Waals surface area contributed by atoms with Crippen LogP contribution < -0.4 is 0 Å². The molecule has 0 saturated carbocycles. The number of furan rings is 1. The first-order valence-corrected chi connectivity index (χ1v) is 6.10. The third-order valence-electron chi connectivity index (χ3n) is 3.26. The standard InChI is InChI=1S/C13H17N3O2/c1-15-7-3-8-16(10-11-4-2-9-18-11)12(5-6-14)13(15)17/h2,4,9,12H,3,5,7-8,10H2,1H3. The second-order valence-electron chi connectivity index (χ2n) is 4.54. The van der Waals surface area contributed by atoms with Gasteiger partial charge in [-0.15, -0.1) is 0 Å². The van der Waals surface area contributed by atoms with Crippen molar-refractivity contribution in [3.8, 4) is 6.07 Å². The van der Waals surface area contributed by atoms with Gasteiger partial charge in [-0.1, -0.05) is 0 Å². The highest BCUT2D eigenvalue weighted by Gasteiger charge is 2.31.